The number of ether oxygens (including phenoxy) is 1. The molecule has 6 heteroatoms. The first-order valence-corrected chi connectivity index (χ1v) is 6.53. The maximum absolute atomic E-state index is 12.2. The fraction of sp³-hybridized carbons (Fsp3) is 0.333. The summed E-state index contributed by atoms with van der Waals surface area (Å²) in [5, 5.41) is 11.8. The molecule has 21 heavy (non-hydrogen) atoms. The molecule has 0 heterocycles. The second-order valence-electron chi connectivity index (χ2n) is 4.36. The molecule has 1 aromatic rings. The van der Waals surface area contributed by atoms with Gasteiger partial charge in [-0.15, -0.1) is 6.58 Å². The van der Waals surface area contributed by atoms with Gasteiger partial charge in [-0.3, -0.25) is 0 Å². The number of carbonyl (C=O) groups is 2. The van der Waals surface area contributed by atoms with E-state index in [-0.39, 0.29) is 0 Å². The van der Waals surface area contributed by atoms with Crippen molar-refractivity contribution in [2.75, 3.05) is 26.8 Å². The van der Waals surface area contributed by atoms with E-state index >= 15 is 0 Å². The second kappa shape index (κ2) is 8.76. The van der Waals surface area contributed by atoms with Crippen molar-refractivity contribution in [3.05, 3.63) is 48.6 Å². The van der Waals surface area contributed by atoms with Crippen molar-refractivity contribution in [1.82, 2.24) is 10.2 Å². The topological polar surface area (TPSA) is 78.9 Å². The number of hydrogen-bond donors (Lipinski definition) is 2. The monoisotopic (exact) mass is 292 g/mol. The maximum Gasteiger partial charge on any atom is 0.330 e. The Bertz CT molecular complexity index is 476. The Balaban J connectivity index is 2.79. The standard InChI is InChI=1S/C15H20N2O4/c1-3-9-17(10-11-21-2)15(20)16-13(14(18)19)12-7-5-4-6-8-12/h3-8,13H,1,9-11H2,2H3,(H,16,20)(H,18,19)/t13-/m0/s1. The predicted molar refractivity (Wildman–Crippen MR) is 79.0 cm³/mol. The van der Waals surface area contributed by atoms with E-state index in [4.69, 9.17) is 4.74 Å². The Morgan fingerprint density at radius 3 is 2.62 bits per heavy atom. The van der Waals surface area contributed by atoms with E-state index in [2.05, 4.69) is 11.9 Å². The molecule has 0 fully saturated rings. The van der Waals surface area contributed by atoms with Crippen molar-refractivity contribution in [3.8, 4) is 0 Å². The first kappa shape index (κ1) is 16.7. The van der Waals surface area contributed by atoms with E-state index in [9.17, 15) is 14.7 Å². The molecular formula is C15H20N2O4. The molecule has 0 spiro atoms. The van der Waals surface area contributed by atoms with Crippen LogP contribution in [0.15, 0.2) is 43.0 Å². The number of nitrogens with one attached hydrogen (secondary N) is 1. The van der Waals surface area contributed by atoms with Crippen molar-refractivity contribution >= 4 is 12.0 Å². The Morgan fingerprint density at radius 1 is 1.43 bits per heavy atom. The minimum atomic E-state index is -1.11. The van der Waals surface area contributed by atoms with Gasteiger partial charge in [0.05, 0.1) is 6.61 Å². The quantitative estimate of drug-likeness (QED) is 0.714. The Morgan fingerprint density at radius 2 is 2.10 bits per heavy atom. The van der Waals surface area contributed by atoms with E-state index in [1.807, 2.05) is 0 Å². The van der Waals surface area contributed by atoms with Crippen LogP contribution in [0.2, 0.25) is 0 Å². The minimum absolute atomic E-state index is 0.316. The molecule has 0 aliphatic rings. The fourth-order valence-corrected chi connectivity index (χ4v) is 1.78. The first-order chi connectivity index (χ1) is 10.1. The van der Waals surface area contributed by atoms with E-state index in [1.54, 1.807) is 36.4 Å². The van der Waals surface area contributed by atoms with Gasteiger partial charge in [0.15, 0.2) is 6.04 Å². The second-order valence-corrected chi connectivity index (χ2v) is 4.36. The molecule has 0 saturated carbocycles. The SMILES string of the molecule is C=CCN(CCOC)C(=O)N[C@H](C(=O)O)c1ccccc1. The van der Waals surface area contributed by atoms with Crippen LogP contribution < -0.4 is 5.32 Å². The largest absolute Gasteiger partial charge is 0.479 e. The van der Waals surface area contributed by atoms with Crippen molar-refractivity contribution < 1.29 is 19.4 Å². The number of benzene rings is 1. The van der Waals surface area contributed by atoms with Gasteiger partial charge in [-0.25, -0.2) is 9.59 Å². The average Bonchev–Trinajstić information content (AvgIpc) is 2.49. The zero-order chi connectivity index (χ0) is 15.7. The number of nitrogens with zero attached hydrogens (tertiary/aromatic N) is 1. The van der Waals surface area contributed by atoms with Gasteiger partial charge in [-0.05, 0) is 5.56 Å². The molecule has 114 valence electrons. The van der Waals surface area contributed by atoms with Crippen LogP contribution in [0.1, 0.15) is 11.6 Å². The Labute approximate surface area is 124 Å². The number of amides is 2. The van der Waals surface area contributed by atoms with E-state index in [1.165, 1.54) is 12.0 Å². The molecule has 0 aliphatic heterocycles. The lowest BCUT2D eigenvalue weighted by Gasteiger charge is -2.24. The summed E-state index contributed by atoms with van der Waals surface area (Å²) in [6.45, 7) is 4.62. The van der Waals surface area contributed by atoms with Gasteiger partial charge in [-0.1, -0.05) is 36.4 Å². The van der Waals surface area contributed by atoms with Crippen molar-refractivity contribution in [1.29, 1.82) is 0 Å². The van der Waals surface area contributed by atoms with Gasteiger partial charge >= 0.3 is 12.0 Å². The van der Waals surface area contributed by atoms with Gasteiger partial charge in [0.1, 0.15) is 0 Å². The molecular weight excluding hydrogens is 272 g/mol. The highest BCUT2D eigenvalue weighted by Gasteiger charge is 2.24. The summed E-state index contributed by atoms with van der Waals surface area (Å²) in [5.74, 6) is -1.11. The van der Waals surface area contributed by atoms with Crippen molar-refractivity contribution in [3.63, 3.8) is 0 Å². The predicted octanol–water partition coefficient (Wildman–Crippen LogP) is 1.66. The third-order valence-corrected chi connectivity index (χ3v) is 2.85. The number of hydrogen-bond acceptors (Lipinski definition) is 3. The highest BCUT2D eigenvalue weighted by Crippen LogP contribution is 2.13. The van der Waals surface area contributed by atoms with Crippen LogP contribution >= 0.6 is 0 Å². The number of carbonyl (C=O) groups excluding carboxylic acids is 1. The molecule has 0 unspecified atom stereocenters. The molecule has 0 aromatic heterocycles. The van der Waals surface area contributed by atoms with E-state index in [0.29, 0.717) is 25.3 Å². The van der Waals surface area contributed by atoms with Crippen molar-refractivity contribution in [2.24, 2.45) is 0 Å². The molecule has 1 atom stereocenters. The van der Waals surface area contributed by atoms with Gasteiger partial charge in [-0.2, -0.15) is 0 Å². The van der Waals surface area contributed by atoms with E-state index in [0.717, 1.165) is 0 Å². The number of urea groups is 1. The molecule has 2 amide bonds. The summed E-state index contributed by atoms with van der Waals surface area (Å²) >= 11 is 0. The van der Waals surface area contributed by atoms with Crippen LogP contribution in [0.25, 0.3) is 0 Å². The summed E-state index contributed by atoms with van der Waals surface area (Å²) in [4.78, 5) is 25.0. The van der Waals surface area contributed by atoms with Crippen LogP contribution in [-0.4, -0.2) is 48.8 Å². The third-order valence-electron chi connectivity index (χ3n) is 2.85. The summed E-state index contributed by atoms with van der Waals surface area (Å²) < 4.78 is 4.93. The minimum Gasteiger partial charge on any atom is -0.479 e. The average molecular weight is 292 g/mol. The maximum atomic E-state index is 12.2. The smallest absolute Gasteiger partial charge is 0.330 e. The first-order valence-electron chi connectivity index (χ1n) is 6.53. The van der Waals surface area contributed by atoms with Gasteiger partial charge < -0.3 is 20.1 Å². The summed E-state index contributed by atoms with van der Waals surface area (Å²) in [6.07, 6.45) is 1.58. The lowest BCUT2D eigenvalue weighted by molar-refractivity contribution is -0.139. The van der Waals surface area contributed by atoms with Gasteiger partial charge in [0, 0.05) is 20.2 Å². The number of methoxy groups -OCH3 is 1. The van der Waals surface area contributed by atoms with Crippen LogP contribution in [0.3, 0.4) is 0 Å². The molecule has 2 N–H and O–H groups in total. The summed E-state index contributed by atoms with van der Waals surface area (Å²) in [5.41, 5.74) is 0.517. The van der Waals surface area contributed by atoms with Gasteiger partial charge in [0.25, 0.3) is 0 Å². The Kier molecular flexibility index (Phi) is 6.97. The molecule has 1 aromatic carbocycles. The van der Waals surface area contributed by atoms with Crippen LogP contribution in [0.4, 0.5) is 4.79 Å². The summed E-state index contributed by atoms with van der Waals surface area (Å²) in [7, 11) is 1.54. The normalized spacial score (nSPS) is 11.5. The highest BCUT2D eigenvalue weighted by atomic mass is 16.5. The number of aliphatic carboxylic acids is 1. The van der Waals surface area contributed by atoms with E-state index < -0.39 is 18.0 Å². The fourth-order valence-electron chi connectivity index (χ4n) is 1.78. The molecule has 0 radical (unpaired) electrons. The van der Waals surface area contributed by atoms with Gasteiger partial charge in [0.2, 0.25) is 0 Å². The zero-order valence-corrected chi connectivity index (χ0v) is 12.0. The van der Waals surface area contributed by atoms with Crippen LogP contribution in [0.5, 0.6) is 0 Å². The summed E-state index contributed by atoms with van der Waals surface area (Å²) in [6, 6.07) is 7.00. The highest BCUT2D eigenvalue weighted by molar-refractivity contribution is 5.83. The van der Waals surface area contributed by atoms with Crippen LogP contribution in [-0.2, 0) is 9.53 Å². The van der Waals surface area contributed by atoms with Crippen molar-refractivity contribution in [2.45, 2.75) is 6.04 Å². The molecule has 1 rings (SSSR count). The molecule has 6 nitrogen and oxygen atoms in total. The Hall–Kier alpha value is -2.34. The third kappa shape index (κ3) is 5.27. The molecule has 0 bridgehead atoms. The lowest BCUT2D eigenvalue weighted by atomic mass is 10.1. The van der Waals surface area contributed by atoms with Crippen LogP contribution in [0, 0.1) is 0 Å². The number of carboxylic acids is 1. The molecule has 0 aliphatic carbocycles. The zero-order valence-electron chi connectivity index (χ0n) is 12.0. The number of rotatable bonds is 8. The molecule has 0 saturated heterocycles. The number of carboxylic acid groups (broad SMARTS) is 1. The lowest BCUT2D eigenvalue weighted by Crippen LogP contribution is -2.45.